The van der Waals surface area contributed by atoms with Crippen molar-refractivity contribution in [1.29, 1.82) is 0 Å². The zero-order valence-corrected chi connectivity index (χ0v) is 6.51. The van der Waals surface area contributed by atoms with Crippen LogP contribution < -0.4 is 0 Å². The van der Waals surface area contributed by atoms with Crippen molar-refractivity contribution in [2.24, 2.45) is 4.99 Å². The summed E-state index contributed by atoms with van der Waals surface area (Å²) in [7, 11) is 0. The summed E-state index contributed by atoms with van der Waals surface area (Å²) in [6.45, 7) is 0. The Bertz CT molecular complexity index is 288. The van der Waals surface area contributed by atoms with Gasteiger partial charge in [0.2, 0.25) is 0 Å². The summed E-state index contributed by atoms with van der Waals surface area (Å²) in [5.41, 5.74) is 0.819. The van der Waals surface area contributed by atoms with Crippen molar-refractivity contribution in [3.63, 3.8) is 0 Å². The molecule has 5 heteroatoms. The molecule has 4 nitrogen and oxygen atoms in total. The fraction of sp³-hybridized carbons (Fsp3) is 0.167. The molecule has 0 radical (unpaired) electrons. The smallest absolute Gasteiger partial charge is 0.137 e. The largest absolute Gasteiger partial charge is 0.265 e. The molecule has 56 valence electrons. The number of aromatic nitrogens is 3. The van der Waals surface area contributed by atoms with Gasteiger partial charge in [-0.05, 0) is 0 Å². The number of aliphatic imine (C=N–C) groups is 1. The van der Waals surface area contributed by atoms with Crippen LogP contribution in [0.25, 0.3) is 0 Å². The second kappa shape index (κ2) is 2.87. The van der Waals surface area contributed by atoms with Gasteiger partial charge in [-0.3, -0.25) is 5.10 Å². The molecule has 2 heterocycles. The van der Waals surface area contributed by atoms with Crippen molar-refractivity contribution in [3.05, 3.63) is 24.2 Å². The third-order valence-electron chi connectivity index (χ3n) is 1.25. The number of aromatic amines is 1. The van der Waals surface area contributed by atoms with Crippen LogP contribution in [0.4, 0.5) is 0 Å². The number of nitrogens with one attached hydrogen (secondary N) is 1. The highest BCUT2D eigenvalue weighted by Gasteiger charge is 2.07. The molecule has 1 aliphatic rings. The van der Waals surface area contributed by atoms with E-state index in [1.807, 2.05) is 6.08 Å². The summed E-state index contributed by atoms with van der Waals surface area (Å²) in [5.74, 6) is 0.964. The predicted octanol–water partition coefficient (Wildman–Crippen LogP) is 0.812. The highest BCUT2D eigenvalue weighted by Crippen LogP contribution is 2.14. The summed E-state index contributed by atoms with van der Waals surface area (Å²) >= 11 is 1.66. The Morgan fingerprint density at radius 1 is 1.55 bits per heavy atom. The molecule has 1 aliphatic heterocycles. The molecule has 0 saturated carbocycles. The molecule has 1 N–H and O–H groups in total. The Morgan fingerprint density at radius 3 is 3.18 bits per heavy atom. The Kier molecular flexibility index (Phi) is 1.72. The minimum absolute atomic E-state index is 0.819. The molecule has 0 atom stereocenters. The van der Waals surface area contributed by atoms with Crippen LogP contribution in [0.15, 0.2) is 23.5 Å². The summed E-state index contributed by atoms with van der Waals surface area (Å²) in [6, 6.07) is 0. The number of thioether (sulfide) groups is 1. The van der Waals surface area contributed by atoms with E-state index in [9.17, 15) is 0 Å². The van der Waals surface area contributed by atoms with Gasteiger partial charge >= 0.3 is 0 Å². The van der Waals surface area contributed by atoms with Crippen LogP contribution >= 0.6 is 11.8 Å². The number of rotatable bonds is 1. The fourth-order valence-electron chi connectivity index (χ4n) is 0.774. The maximum atomic E-state index is 4.15. The van der Waals surface area contributed by atoms with E-state index >= 15 is 0 Å². The van der Waals surface area contributed by atoms with Crippen molar-refractivity contribution in [1.82, 2.24) is 15.4 Å². The Balaban J connectivity index is 2.29. The zero-order chi connectivity index (χ0) is 7.52. The van der Waals surface area contributed by atoms with E-state index in [1.165, 1.54) is 0 Å². The minimum Gasteiger partial charge on any atom is -0.265 e. The van der Waals surface area contributed by atoms with Crippen molar-refractivity contribution in [2.75, 3.05) is 5.75 Å². The molecular formula is C6H6N4S. The van der Waals surface area contributed by atoms with Gasteiger partial charge in [-0.2, -0.15) is 0 Å². The van der Waals surface area contributed by atoms with E-state index in [0.717, 1.165) is 16.5 Å². The summed E-state index contributed by atoms with van der Waals surface area (Å²) < 4.78 is 0. The third kappa shape index (κ3) is 1.32. The standard InChI is InChI=1S/C6H6N4S/c1-2-7-6(11-3-1)5-4-8-10-9-5/h1-2,4H,3H2,(H,8,9,10). The summed E-state index contributed by atoms with van der Waals surface area (Å²) in [6.07, 6.45) is 5.54. The van der Waals surface area contributed by atoms with Gasteiger partial charge in [-0.1, -0.05) is 23.1 Å². The van der Waals surface area contributed by atoms with Crippen LogP contribution in [0, 0.1) is 0 Å². The Labute approximate surface area is 67.8 Å². The number of H-pyrrole nitrogens is 1. The molecule has 0 fully saturated rings. The molecule has 0 unspecified atom stereocenters. The number of nitrogens with zero attached hydrogens (tertiary/aromatic N) is 3. The molecule has 0 aromatic carbocycles. The maximum absolute atomic E-state index is 4.15. The quantitative estimate of drug-likeness (QED) is 0.671. The molecule has 0 spiro atoms. The lowest BCUT2D eigenvalue weighted by Crippen LogP contribution is -1.98. The second-order valence-electron chi connectivity index (χ2n) is 1.99. The average Bonchev–Trinajstić information content (AvgIpc) is 2.58. The fourth-order valence-corrected chi connectivity index (χ4v) is 1.50. The summed E-state index contributed by atoms with van der Waals surface area (Å²) in [5, 5.41) is 11.0. The van der Waals surface area contributed by atoms with Crippen molar-refractivity contribution >= 4 is 16.8 Å². The summed E-state index contributed by atoms with van der Waals surface area (Å²) in [4.78, 5) is 4.15. The van der Waals surface area contributed by atoms with E-state index in [1.54, 1.807) is 24.2 Å². The van der Waals surface area contributed by atoms with E-state index in [-0.39, 0.29) is 0 Å². The SMILES string of the molecule is C1=CN=C(c2c[nH]nn2)SC1. The Morgan fingerprint density at radius 2 is 2.55 bits per heavy atom. The van der Waals surface area contributed by atoms with Crippen molar-refractivity contribution < 1.29 is 0 Å². The lowest BCUT2D eigenvalue weighted by Gasteiger charge is -2.01. The predicted molar refractivity (Wildman–Crippen MR) is 44.5 cm³/mol. The van der Waals surface area contributed by atoms with Gasteiger partial charge in [0.15, 0.2) is 0 Å². The first kappa shape index (κ1) is 6.60. The van der Waals surface area contributed by atoms with Crippen LogP contribution in [0.5, 0.6) is 0 Å². The number of hydrogen-bond donors (Lipinski definition) is 1. The van der Waals surface area contributed by atoms with Crippen LogP contribution in [0.1, 0.15) is 5.69 Å². The molecule has 0 saturated heterocycles. The average molecular weight is 166 g/mol. The maximum Gasteiger partial charge on any atom is 0.137 e. The normalized spacial score (nSPS) is 16.5. The highest BCUT2D eigenvalue weighted by molar-refractivity contribution is 8.14. The monoisotopic (exact) mass is 166 g/mol. The molecular weight excluding hydrogens is 160 g/mol. The van der Waals surface area contributed by atoms with Crippen molar-refractivity contribution in [3.8, 4) is 0 Å². The van der Waals surface area contributed by atoms with E-state index < -0.39 is 0 Å². The van der Waals surface area contributed by atoms with Gasteiger partial charge < -0.3 is 0 Å². The van der Waals surface area contributed by atoms with Gasteiger partial charge in [0.05, 0.1) is 6.20 Å². The molecule has 11 heavy (non-hydrogen) atoms. The van der Waals surface area contributed by atoms with E-state index in [2.05, 4.69) is 20.4 Å². The van der Waals surface area contributed by atoms with Gasteiger partial charge in [-0.15, -0.1) is 5.10 Å². The molecule has 0 amide bonds. The molecule has 1 aromatic heterocycles. The lowest BCUT2D eigenvalue weighted by molar-refractivity contribution is 0.938. The zero-order valence-electron chi connectivity index (χ0n) is 5.69. The van der Waals surface area contributed by atoms with Crippen LogP contribution in [0.3, 0.4) is 0 Å². The molecule has 2 rings (SSSR count). The first-order chi connectivity index (χ1) is 5.47. The topological polar surface area (TPSA) is 53.9 Å². The van der Waals surface area contributed by atoms with Crippen molar-refractivity contribution in [2.45, 2.75) is 0 Å². The van der Waals surface area contributed by atoms with Gasteiger partial charge in [0.25, 0.3) is 0 Å². The van der Waals surface area contributed by atoms with Crippen LogP contribution in [-0.4, -0.2) is 26.2 Å². The minimum atomic E-state index is 0.819. The second-order valence-corrected chi connectivity index (χ2v) is 3.00. The molecule has 0 aliphatic carbocycles. The first-order valence-corrected chi connectivity index (χ1v) is 4.18. The molecule has 1 aromatic rings. The van der Waals surface area contributed by atoms with E-state index in [4.69, 9.17) is 0 Å². The first-order valence-electron chi connectivity index (χ1n) is 3.19. The lowest BCUT2D eigenvalue weighted by atomic mass is 10.5. The Hall–Kier alpha value is -1.10. The molecule has 0 bridgehead atoms. The third-order valence-corrected chi connectivity index (χ3v) is 2.20. The van der Waals surface area contributed by atoms with Gasteiger partial charge in [-0.25, -0.2) is 4.99 Å². The van der Waals surface area contributed by atoms with Gasteiger partial charge in [0.1, 0.15) is 10.7 Å². The highest BCUT2D eigenvalue weighted by atomic mass is 32.2. The van der Waals surface area contributed by atoms with E-state index in [0.29, 0.717) is 0 Å². The number of hydrogen-bond acceptors (Lipinski definition) is 4. The van der Waals surface area contributed by atoms with Crippen LogP contribution in [0.2, 0.25) is 0 Å². The van der Waals surface area contributed by atoms with Crippen LogP contribution in [-0.2, 0) is 0 Å². The van der Waals surface area contributed by atoms with Gasteiger partial charge in [0, 0.05) is 12.0 Å².